The maximum Gasteiger partial charge on any atom is 0.118 e. The molecule has 1 aromatic carbocycles. The third kappa shape index (κ3) is 4.45. The second-order valence-electron chi connectivity index (χ2n) is 6.44. The van der Waals surface area contributed by atoms with Crippen molar-refractivity contribution in [2.75, 3.05) is 33.3 Å². The fourth-order valence-electron chi connectivity index (χ4n) is 3.20. The van der Waals surface area contributed by atoms with Crippen molar-refractivity contribution in [1.29, 1.82) is 0 Å². The van der Waals surface area contributed by atoms with Crippen LogP contribution >= 0.6 is 0 Å². The van der Waals surface area contributed by atoms with Crippen LogP contribution in [0.5, 0.6) is 5.75 Å². The molecule has 0 bridgehead atoms. The van der Waals surface area contributed by atoms with Gasteiger partial charge in [0.2, 0.25) is 0 Å². The Labute approximate surface area is 129 Å². The lowest BCUT2D eigenvalue weighted by atomic mass is 9.95. The number of ether oxygens (including phenoxy) is 1. The van der Waals surface area contributed by atoms with Crippen molar-refractivity contribution in [3.8, 4) is 5.75 Å². The third-order valence-electron chi connectivity index (χ3n) is 4.66. The summed E-state index contributed by atoms with van der Waals surface area (Å²) in [4.78, 5) is 2.61. The average molecular weight is 290 g/mol. The Morgan fingerprint density at radius 2 is 2.00 bits per heavy atom. The molecular weight excluding hydrogens is 260 g/mol. The van der Waals surface area contributed by atoms with E-state index >= 15 is 0 Å². The Kier molecular flexibility index (Phi) is 6.07. The normalized spacial score (nSPS) is 20.9. The summed E-state index contributed by atoms with van der Waals surface area (Å²) in [5.74, 6) is 2.59. The maximum atomic E-state index is 5.25. The molecule has 3 nitrogen and oxygen atoms in total. The van der Waals surface area contributed by atoms with Crippen LogP contribution in [-0.4, -0.2) is 38.2 Å². The van der Waals surface area contributed by atoms with E-state index in [-0.39, 0.29) is 0 Å². The Morgan fingerprint density at radius 3 is 2.52 bits per heavy atom. The minimum absolute atomic E-state index is 0.409. The topological polar surface area (TPSA) is 24.5 Å². The highest BCUT2D eigenvalue weighted by Crippen LogP contribution is 2.26. The van der Waals surface area contributed by atoms with Crippen LogP contribution in [0.2, 0.25) is 0 Å². The fourth-order valence-corrected chi connectivity index (χ4v) is 3.20. The molecule has 118 valence electrons. The molecule has 1 heterocycles. The van der Waals surface area contributed by atoms with Gasteiger partial charge in [0.05, 0.1) is 7.11 Å². The minimum Gasteiger partial charge on any atom is -0.497 e. The van der Waals surface area contributed by atoms with Crippen molar-refractivity contribution in [3.05, 3.63) is 29.8 Å². The highest BCUT2D eigenvalue weighted by Gasteiger charge is 2.26. The maximum absolute atomic E-state index is 5.25. The molecule has 1 aliphatic rings. The summed E-state index contributed by atoms with van der Waals surface area (Å²) >= 11 is 0. The van der Waals surface area contributed by atoms with E-state index in [1.54, 1.807) is 7.11 Å². The first-order valence-electron chi connectivity index (χ1n) is 8.23. The van der Waals surface area contributed by atoms with Gasteiger partial charge in [0, 0.05) is 19.1 Å². The van der Waals surface area contributed by atoms with E-state index in [9.17, 15) is 0 Å². The molecule has 1 saturated heterocycles. The van der Waals surface area contributed by atoms with Crippen molar-refractivity contribution < 1.29 is 4.74 Å². The van der Waals surface area contributed by atoms with Crippen molar-refractivity contribution in [3.63, 3.8) is 0 Å². The zero-order valence-corrected chi connectivity index (χ0v) is 13.9. The molecule has 1 aromatic rings. The highest BCUT2D eigenvalue weighted by molar-refractivity contribution is 5.29. The Morgan fingerprint density at radius 1 is 1.29 bits per heavy atom. The molecule has 0 aromatic heterocycles. The summed E-state index contributed by atoms with van der Waals surface area (Å²) < 4.78 is 5.25. The summed E-state index contributed by atoms with van der Waals surface area (Å²) in [6.45, 7) is 11.5. The van der Waals surface area contributed by atoms with E-state index in [0.29, 0.717) is 6.04 Å². The van der Waals surface area contributed by atoms with E-state index in [0.717, 1.165) is 30.7 Å². The summed E-state index contributed by atoms with van der Waals surface area (Å²) in [7, 11) is 1.72. The molecule has 2 unspecified atom stereocenters. The van der Waals surface area contributed by atoms with Gasteiger partial charge in [-0.2, -0.15) is 0 Å². The van der Waals surface area contributed by atoms with Crippen LogP contribution < -0.4 is 10.1 Å². The number of methoxy groups -OCH3 is 1. The molecule has 3 heteroatoms. The lowest BCUT2D eigenvalue weighted by Gasteiger charge is -2.25. The van der Waals surface area contributed by atoms with Crippen LogP contribution in [0.4, 0.5) is 0 Å². The predicted molar refractivity (Wildman–Crippen MR) is 88.8 cm³/mol. The molecule has 2 rings (SSSR count). The molecule has 2 atom stereocenters. The monoisotopic (exact) mass is 290 g/mol. The number of hydrogen-bond acceptors (Lipinski definition) is 3. The quantitative estimate of drug-likeness (QED) is 0.833. The number of nitrogens with one attached hydrogen (secondary N) is 1. The van der Waals surface area contributed by atoms with E-state index in [2.05, 4.69) is 55.3 Å². The lowest BCUT2D eigenvalue weighted by Crippen LogP contribution is -2.34. The molecule has 0 amide bonds. The van der Waals surface area contributed by atoms with Crippen LogP contribution in [0.15, 0.2) is 24.3 Å². The number of benzene rings is 1. The first-order valence-corrected chi connectivity index (χ1v) is 8.23. The van der Waals surface area contributed by atoms with Gasteiger partial charge in [0.25, 0.3) is 0 Å². The van der Waals surface area contributed by atoms with Gasteiger partial charge in [-0.05, 0) is 49.0 Å². The van der Waals surface area contributed by atoms with E-state index in [1.807, 2.05) is 0 Å². The molecule has 1 N–H and O–H groups in total. The number of likely N-dealkylation sites (N-methyl/N-ethyl adjacent to an activating group) is 1. The molecule has 0 spiro atoms. The Hall–Kier alpha value is -1.06. The average Bonchev–Trinajstić information content (AvgIpc) is 2.96. The highest BCUT2D eigenvalue weighted by atomic mass is 16.5. The molecule has 0 saturated carbocycles. The number of nitrogens with zero attached hydrogens (tertiary/aromatic N) is 1. The van der Waals surface area contributed by atoms with Crippen LogP contribution in [0.1, 0.15) is 38.8 Å². The Bertz CT molecular complexity index is 416. The van der Waals surface area contributed by atoms with Crippen LogP contribution in [0, 0.1) is 11.8 Å². The van der Waals surface area contributed by atoms with Crippen molar-refractivity contribution in [1.82, 2.24) is 10.2 Å². The van der Waals surface area contributed by atoms with Crippen molar-refractivity contribution >= 4 is 0 Å². The zero-order valence-electron chi connectivity index (χ0n) is 13.9. The van der Waals surface area contributed by atoms with E-state index in [1.165, 1.54) is 25.1 Å². The fraction of sp³-hybridized carbons (Fsp3) is 0.667. The third-order valence-corrected chi connectivity index (χ3v) is 4.66. The van der Waals surface area contributed by atoms with Gasteiger partial charge in [-0.25, -0.2) is 0 Å². The molecule has 21 heavy (non-hydrogen) atoms. The van der Waals surface area contributed by atoms with Gasteiger partial charge < -0.3 is 15.0 Å². The molecular formula is C18H30N2O. The largest absolute Gasteiger partial charge is 0.497 e. The standard InChI is InChI=1S/C18H30N2O/c1-5-19-18(15-6-8-17(21-4)9-7-15)13-20-11-10-16(12-20)14(2)3/h6-9,14,16,18-19H,5,10-13H2,1-4H3. The lowest BCUT2D eigenvalue weighted by molar-refractivity contribution is 0.271. The number of likely N-dealkylation sites (tertiary alicyclic amines) is 1. The van der Waals surface area contributed by atoms with Gasteiger partial charge in [0.1, 0.15) is 5.75 Å². The molecule has 0 radical (unpaired) electrons. The SMILES string of the molecule is CCNC(CN1CCC(C(C)C)C1)c1ccc(OC)cc1. The zero-order chi connectivity index (χ0) is 15.2. The second kappa shape index (κ2) is 7.81. The van der Waals surface area contributed by atoms with Crippen molar-refractivity contribution in [2.45, 2.75) is 33.2 Å². The van der Waals surface area contributed by atoms with E-state index < -0.39 is 0 Å². The predicted octanol–water partition coefficient (Wildman–Crippen LogP) is 3.32. The van der Waals surface area contributed by atoms with E-state index in [4.69, 9.17) is 4.74 Å². The Balaban J connectivity index is 1.98. The summed E-state index contributed by atoms with van der Waals surface area (Å²) in [5, 5.41) is 3.62. The van der Waals surface area contributed by atoms with Gasteiger partial charge in [-0.1, -0.05) is 32.9 Å². The first-order chi connectivity index (χ1) is 10.1. The molecule has 1 aliphatic heterocycles. The van der Waals surface area contributed by atoms with Gasteiger partial charge in [-0.15, -0.1) is 0 Å². The molecule has 0 aliphatic carbocycles. The molecule has 1 fully saturated rings. The first kappa shape index (κ1) is 16.3. The minimum atomic E-state index is 0.409. The van der Waals surface area contributed by atoms with Crippen molar-refractivity contribution in [2.24, 2.45) is 11.8 Å². The van der Waals surface area contributed by atoms with Gasteiger partial charge in [-0.3, -0.25) is 0 Å². The second-order valence-corrected chi connectivity index (χ2v) is 6.44. The summed E-state index contributed by atoms with van der Waals surface area (Å²) in [5.41, 5.74) is 1.35. The number of rotatable bonds is 7. The van der Waals surface area contributed by atoms with Crippen LogP contribution in [0.3, 0.4) is 0 Å². The van der Waals surface area contributed by atoms with Crippen LogP contribution in [-0.2, 0) is 0 Å². The van der Waals surface area contributed by atoms with Gasteiger partial charge >= 0.3 is 0 Å². The van der Waals surface area contributed by atoms with Crippen LogP contribution in [0.25, 0.3) is 0 Å². The summed E-state index contributed by atoms with van der Waals surface area (Å²) in [6, 6.07) is 8.89. The summed E-state index contributed by atoms with van der Waals surface area (Å²) in [6.07, 6.45) is 1.35. The smallest absolute Gasteiger partial charge is 0.118 e. The van der Waals surface area contributed by atoms with Gasteiger partial charge in [0.15, 0.2) is 0 Å². The number of hydrogen-bond donors (Lipinski definition) is 1.